The molecule has 0 unspecified atom stereocenters. The average Bonchev–Trinajstić information content (AvgIpc) is 2.74. The Kier molecular flexibility index (Phi) is 7.21. The summed E-state index contributed by atoms with van der Waals surface area (Å²) in [5.41, 5.74) is -0.381. The van der Waals surface area contributed by atoms with Crippen LogP contribution in [0.15, 0.2) is 36.5 Å². The highest BCUT2D eigenvalue weighted by Crippen LogP contribution is 2.41. The number of anilines is 1. The Morgan fingerprint density at radius 1 is 1.26 bits per heavy atom. The van der Waals surface area contributed by atoms with E-state index >= 15 is 0 Å². The molecule has 0 atom stereocenters. The molecule has 0 spiro atoms. The number of rotatable bonds is 8. The number of carbonyl (C=O) groups is 3. The molecule has 34 heavy (non-hydrogen) atoms. The molecule has 1 aromatic heterocycles. The van der Waals surface area contributed by atoms with Crippen LogP contribution in [0.5, 0.6) is 5.75 Å². The van der Waals surface area contributed by atoms with Crippen LogP contribution in [0.4, 0.5) is 5.82 Å². The molecule has 0 aliphatic carbocycles. The van der Waals surface area contributed by atoms with Gasteiger partial charge in [-0.05, 0) is 30.9 Å². The van der Waals surface area contributed by atoms with Gasteiger partial charge in [0.05, 0.1) is 17.5 Å². The number of ether oxygens (including phenoxy) is 1. The fourth-order valence-corrected chi connectivity index (χ4v) is 4.26. The number of likely N-dealkylation sites (tertiary alicyclic amines) is 1. The molecule has 0 saturated carbocycles. The van der Waals surface area contributed by atoms with Crippen LogP contribution in [0, 0.1) is 5.41 Å². The number of carboxylic acid groups (broad SMARTS) is 1. The first-order chi connectivity index (χ1) is 15.9. The van der Waals surface area contributed by atoms with E-state index in [0.717, 1.165) is 11.1 Å². The fraction of sp³-hybridized carbons (Fsp3) is 0.440. The lowest BCUT2D eigenvalue weighted by molar-refractivity contribution is -0.155. The third-order valence-corrected chi connectivity index (χ3v) is 6.46. The number of hydrogen-bond acceptors (Lipinski definition) is 5. The summed E-state index contributed by atoms with van der Waals surface area (Å²) in [6.45, 7) is 7.38. The molecule has 3 rings (SSSR count). The van der Waals surface area contributed by atoms with Gasteiger partial charge in [-0.25, -0.2) is 4.98 Å². The predicted octanol–water partition coefficient (Wildman–Crippen LogP) is 4.09. The summed E-state index contributed by atoms with van der Waals surface area (Å²) in [7, 11) is 1.46. The van der Waals surface area contributed by atoms with E-state index in [1.807, 2.05) is 38.1 Å². The van der Waals surface area contributed by atoms with E-state index in [1.54, 1.807) is 6.07 Å². The van der Waals surface area contributed by atoms with Gasteiger partial charge in [0, 0.05) is 31.8 Å². The molecule has 1 aliphatic rings. The van der Waals surface area contributed by atoms with Crippen LogP contribution in [-0.2, 0) is 19.8 Å². The molecule has 2 aromatic rings. The normalized spacial score (nSPS) is 15.0. The number of nitrogens with zero attached hydrogens (tertiary/aromatic N) is 2. The minimum Gasteiger partial charge on any atom is -0.493 e. The van der Waals surface area contributed by atoms with Crippen molar-refractivity contribution in [2.75, 3.05) is 25.5 Å². The van der Waals surface area contributed by atoms with Gasteiger partial charge >= 0.3 is 5.97 Å². The lowest BCUT2D eigenvalue weighted by atomic mass is 9.69. The summed E-state index contributed by atoms with van der Waals surface area (Å²) in [5, 5.41) is 12.6. The van der Waals surface area contributed by atoms with Crippen LogP contribution in [0.1, 0.15) is 51.2 Å². The first kappa shape index (κ1) is 25.5. The Morgan fingerprint density at radius 2 is 1.91 bits per heavy atom. The lowest BCUT2D eigenvalue weighted by Gasteiger charge is -2.50. The fourth-order valence-electron chi connectivity index (χ4n) is 4.12. The summed E-state index contributed by atoms with van der Waals surface area (Å²) in [4.78, 5) is 43.8. The summed E-state index contributed by atoms with van der Waals surface area (Å²) in [5.74, 6) is -0.967. The van der Waals surface area contributed by atoms with Gasteiger partial charge in [0.1, 0.15) is 5.41 Å². The molecule has 0 radical (unpaired) electrons. The number of hydrogen-bond donors (Lipinski definition) is 2. The average molecular weight is 488 g/mol. The Hall–Kier alpha value is -3.13. The molecule has 1 aromatic carbocycles. The van der Waals surface area contributed by atoms with Gasteiger partial charge < -0.3 is 20.1 Å². The van der Waals surface area contributed by atoms with Crippen molar-refractivity contribution < 1.29 is 24.2 Å². The van der Waals surface area contributed by atoms with E-state index < -0.39 is 16.8 Å². The number of halogens is 1. The van der Waals surface area contributed by atoms with Crippen molar-refractivity contribution in [3.63, 3.8) is 0 Å². The van der Waals surface area contributed by atoms with E-state index in [9.17, 15) is 19.5 Å². The Morgan fingerprint density at radius 3 is 2.50 bits per heavy atom. The number of aromatic nitrogens is 1. The highest BCUT2D eigenvalue weighted by molar-refractivity contribution is 6.30. The van der Waals surface area contributed by atoms with E-state index in [1.165, 1.54) is 32.1 Å². The summed E-state index contributed by atoms with van der Waals surface area (Å²) in [6.07, 6.45) is 1.26. The molecular formula is C25H30ClN3O5. The molecule has 1 saturated heterocycles. The van der Waals surface area contributed by atoms with Crippen LogP contribution in [0.2, 0.25) is 5.02 Å². The van der Waals surface area contributed by atoms with Crippen molar-refractivity contribution in [3.8, 4) is 5.75 Å². The number of nitrogens with one attached hydrogen (secondary N) is 1. The zero-order valence-electron chi connectivity index (χ0n) is 20.0. The molecule has 1 aliphatic heterocycles. The van der Waals surface area contributed by atoms with Crippen molar-refractivity contribution in [1.82, 2.24) is 9.88 Å². The molecule has 9 heteroatoms. The number of aliphatic carboxylic acids is 1. The maximum absolute atomic E-state index is 13.7. The topological polar surface area (TPSA) is 109 Å². The van der Waals surface area contributed by atoms with Gasteiger partial charge in [-0.3, -0.25) is 14.4 Å². The summed E-state index contributed by atoms with van der Waals surface area (Å²) >= 11 is 6.00. The molecule has 182 valence electrons. The molecule has 2 N–H and O–H groups in total. The Balaban J connectivity index is 1.95. The smallest absolute Gasteiger partial charge is 0.309 e. The molecular weight excluding hydrogens is 458 g/mol. The second kappa shape index (κ2) is 9.62. The summed E-state index contributed by atoms with van der Waals surface area (Å²) < 4.78 is 5.31. The van der Waals surface area contributed by atoms with Gasteiger partial charge in [-0.1, -0.05) is 49.7 Å². The maximum atomic E-state index is 13.7. The van der Waals surface area contributed by atoms with Gasteiger partial charge in [-0.2, -0.15) is 0 Å². The van der Waals surface area contributed by atoms with Gasteiger partial charge in [0.2, 0.25) is 11.8 Å². The van der Waals surface area contributed by atoms with Gasteiger partial charge in [0.25, 0.3) is 0 Å². The molecule has 8 nitrogen and oxygen atoms in total. The molecule has 0 bridgehead atoms. The van der Waals surface area contributed by atoms with Crippen LogP contribution >= 0.6 is 11.6 Å². The van der Waals surface area contributed by atoms with E-state index in [-0.39, 0.29) is 43.1 Å². The second-order valence-corrected chi connectivity index (χ2v) is 10.0. The van der Waals surface area contributed by atoms with Crippen LogP contribution in [-0.4, -0.2) is 53.0 Å². The van der Waals surface area contributed by atoms with Crippen molar-refractivity contribution in [2.24, 2.45) is 5.41 Å². The predicted molar refractivity (Wildman–Crippen MR) is 129 cm³/mol. The largest absolute Gasteiger partial charge is 0.493 e. The van der Waals surface area contributed by atoms with Crippen LogP contribution in [0.25, 0.3) is 0 Å². The third kappa shape index (κ3) is 4.87. The number of methoxy groups -OCH3 is 1. The first-order valence-electron chi connectivity index (χ1n) is 11.0. The maximum Gasteiger partial charge on any atom is 0.309 e. The SMILES string of the molecule is COc1cc(Cl)cnc1NC(=O)C1(c2ccccc2C(C)C)CN(C(=O)CC(C)(C)C(=O)O)C1. The summed E-state index contributed by atoms with van der Waals surface area (Å²) in [6, 6.07) is 9.24. The van der Waals surface area contributed by atoms with Crippen LogP contribution < -0.4 is 10.1 Å². The number of carboxylic acids is 1. The third-order valence-electron chi connectivity index (χ3n) is 6.25. The van der Waals surface area contributed by atoms with Crippen molar-refractivity contribution in [1.29, 1.82) is 0 Å². The first-order valence-corrected chi connectivity index (χ1v) is 11.4. The molecule has 2 heterocycles. The van der Waals surface area contributed by atoms with Crippen molar-refractivity contribution in [3.05, 3.63) is 52.7 Å². The zero-order valence-corrected chi connectivity index (χ0v) is 20.8. The highest BCUT2D eigenvalue weighted by atomic mass is 35.5. The van der Waals surface area contributed by atoms with Crippen molar-refractivity contribution >= 4 is 35.2 Å². The Bertz CT molecular complexity index is 1110. The van der Waals surface area contributed by atoms with Gasteiger partial charge in [-0.15, -0.1) is 0 Å². The quantitative estimate of drug-likeness (QED) is 0.580. The standard InChI is InChI=1S/C25H30ClN3O5/c1-15(2)17-8-6-7-9-18(17)25(13-29(14-25)20(30)11-24(3,4)23(32)33)22(31)28-21-19(34-5)10-16(26)12-27-21/h6-10,12,15H,11,13-14H2,1-5H3,(H,32,33)(H,27,28,31). The minimum atomic E-state index is -1.20. The lowest BCUT2D eigenvalue weighted by Crippen LogP contribution is -2.67. The van der Waals surface area contributed by atoms with E-state index in [0.29, 0.717) is 10.8 Å². The van der Waals surface area contributed by atoms with Gasteiger partial charge in [0.15, 0.2) is 11.6 Å². The Labute approximate surface area is 204 Å². The second-order valence-electron chi connectivity index (χ2n) is 9.60. The van der Waals surface area contributed by atoms with Crippen molar-refractivity contribution in [2.45, 2.75) is 45.4 Å². The number of benzene rings is 1. The number of carbonyl (C=O) groups excluding carboxylic acids is 2. The molecule has 1 fully saturated rings. The minimum absolute atomic E-state index is 0.132. The van der Waals surface area contributed by atoms with Crippen LogP contribution in [0.3, 0.4) is 0 Å². The highest BCUT2D eigenvalue weighted by Gasteiger charge is 2.54. The van der Waals surface area contributed by atoms with E-state index in [2.05, 4.69) is 10.3 Å². The number of pyridine rings is 1. The number of amides is 2. The monoisotopic (exact) mass is 487 g/mol. The van der Waals surface area contributed by atoms with E-state index in [4.69, 9.17) is 16.3 Å². The molecule has 2 amide bonds. The zero-order chi connectivity index (χ0) is 25.3.